The first-order chi connectivity index (χ1) is 27.3. The smallest absolute Gasteiger partial charge is 0.143 e. The summed E-state index contributed by atoms with van der Waals surface area (Å²) in [6.45, 7) is 0. The van der Waals surface area contributed by atoms with Crippen molar-refractivity contribution in [3.05, 3.63) is 200 Å². The van der Waals surface area contributed by atoms with Gasteiger partial charge in [0.05, 0.1) is 5.69 Å². The van der Waals surface area contributed by atoms with E-state index in [0.717, 1.165) is 83.2 Å². The third-order valence-corrected chi connectivity index (χ3v) is 10.9. The predicted octanol–water partition coefficient (Wildman–Crippen LogP) is 15.1. The molecule has 0 N–H and O–H groups in total. The highest BCUT2D eigenvalue weighted by molar-refractivity contribution is 6.11. The Hall–Kier alpha value is -7.36. The molecule has 0 spiro atoms. The Morgan fingerprint density at radius 3 is 1.67 bits per heavy atom. The van der Waals surface area contributed by atoms with Crippen LogP contribution in [0.3, 0.4) is 0 Å². The molecule has 55 heavy (non-hydrogen) atoms. The van der Waals surface area contributed by atoms with E-state index >= 15 is 0 Å². The number of hydrogen-bond donors (Lipinski definition) is 0. The van der Waals surface area contributed by atoms with E-state index < -0.39 is 0 Å². The van der Waals surface area contributed by atoms with Crippen molar-refractivity contribution >= 4 is 71.7 Å². The number of rotatable bonds is 6. The summed E-state index contributed by atoms with van der Waals surface area (Å²) in [5.74, 6) is 0. The zero-order valence-electron chi connectivity index (χ0n) is 29.8. The van der Waals surface area contributed by atoms with E-state index in [1.165, 1.54) is 21.9 Å². The summed E-state index contributed by atoms with van der Waals surface area (Å²) in [6.07, 6.45) is 0. The van der Waals surface area contributed by atoms with Crippen molar-refractivity contribution in [2.24, 2.45) is 0 Å². The standard InChI is InChI=1S/C52H33NO2/c1-3-12-35(13-4-1)40-28-29-48(43-17-8-7-16-42(40)43)53(39-27-31-50-47(33-39)44-18-9-10-21-49(44)54-50)38-25-22-34(23-26-38)37-24-30-51-46(32-37)45-20-11-19-41(52(45)55-51)36-14-5-2-6-15-36/h1-33H. The average Bonchev–Trinajstić information content (AvgIpc) is 3.83. The molecule has 0 bridgehead atoms. The van der Waals surface area contributed by atoms with E-state index in [0.29, 0.717) is 0 Å². The molecule has 0 fully saturated rings. The number of nitrogens with zero attached hydrogens (tertiary/aromatic N) is 1. The summed E-state index contributed by atoms with van der Waals surface area (Å²) < 4.78 is 12.7. The minimum Gasteiger partial charge on any atom is -0.456 e. The van der Waals surface area contributed by atoms with Crippen LogP contribution in [0.15, 0.2) is 209 Å². The summed E-state index contributed by atoms with van der Waals surface area (Å²) >= 11 is 0. The Labute approximate surface area is 317 Å². The molecule has 0 amide bonds. The molecular formula is C52H33NO2. The fourth-order valence-corrected chi connectivity index (χ4v) is 8.25. The molecule has 3 heteroatoms. The summed E-state index contributed by atoms with van der Waals surface area (Å²) in [6, 6.07) is 71.0. The zero-order valence-corrected chi connectivity index (χ0v) is 29.8. The van der Waals surface area contributed by atoms with Gasteiger partial charge in [0.15, 0.2) is 0 Å². The first kappa shape index (κ1) is 31.2. The second-order valence-corrected chi connectivity index (χ2v) is 14.1. The topological polar surface area (TPSA) is 29.5 Å². The van der Waals surface area contributed by atoms with Crippen molar-refractivity contribution in [2.75, 3.05) is 4.90 Å². The van der Waals surface area contributed by atoms with Gasteiger partial charge >= 0.3 is 0 Å². The van der Waals surface area contributed by atoms with Gasteiger partial charge in [-0.05, 0) is 87.8 Å². The molecule has 9 aromatic carbocycles. The van der Waals surface area contributed by atoms with Crippen LogP contribution in [-0.4, -0.2) is 0 Å². The molecule has 0 saturated heterocycles. The number of para-hydroxylation sites is 2. The van der Waals surface area contributed by atoms with Crippen LogP contribution in [0, 0.1) is 0 Å². The maximum absolute atomic E-state index is 6.49. The van der Waals surface area contributed by atoms with E-state index in [4.69, 9.17) is 8.83 Å². The molecule has 11 aromatic rings. The molecule has 0 aliphatic heterocycles. The van der Waals surface area contributed by atoms with Crippen molar-refractivity contribution in [1.29, 1.82) is 0 Å². The highest BCUT2D eigenvalue weighted by Gasteiger charge is 2.20. The Bertz CT molecular complexity index is 3190. The first-order valence-corrected chi connectivity index (χ1v) is 18.7. The van der Waals surface area contributed by atoms with Gasteiger partial charge in [-0.15, -0.1) is 0 Å². The second-order valence-electron chi connectivity index (χ2n) is 14.1. The van der Waals surface area contributed by atoms with E-state index in [2.05, 4.69) is 187 Å². The molecule has 2 heterocycles. The van der Waals surface area contributed by atoms with Crippen molar-refractivity contribution in [2.45, 2.75) is 0 Å². The van der Waals surface area contributed by atoms with Crippen LogP contribution in [0.25, 0.3) is 88.0 Å². The van der Waals surface area contributed by atoms with Crippen LogP contribution in [0.5, 0.6) is 0 Å². The maximum atomic E-state index is 6.49. The van der Waals surface area contributed by atoms with Crippen molar-refractivity contribution in [3.63, 3.8) is 0 Å². The molecular weight excluding hydrogens is 671 g/mol. The molecule has 0 radical (unpaired) electrons. The minimum absolute atomic E-state index is 0.877. The third-order valence-electron chi connectivity index (χ3n) is 10.9. The van der Waals surface area contributed by atoms with Gasteiger partial charge in [0.2, 0.25) is 0 Å². The van der Waals surface area contributed by atoms with Gasteiger partial charge in [-0.3, -0.25) is 0 Å². The van der Waals surface area contributed by atoms with Crippen molar-refractivity contribution in [1.82, 2.24) is 0 Å². The molecule has 11 rings (SSSR count). The van der Waals surface area contributed by atoms with Crippen LogP contribution >= 0.6 is 0 Å². The number of anilines is 3. The highest BCUT2D eigenvalue weighted by Crippen LogP contribution is 2.44. The normalized spacial score (nSPS) is 11.6. The SMILES string of the molecule is c1ccc(-c2ccc(N(c3ccc(-c4ccc5oc6c(-c7ccccc7)cccc6c5c4)cc3)c3ccc4oc5ccccc5c4c3)c3ccccc23)cc1. The molecule has 258 valence electrons. The fourth-order valence-electron chi connectivity index (χ4n) is 8.25. The lowest BCUT2D eigenvalue weighted by Gasteiger charge is -2.28. The first-order valence-electron chi connectivity index (χ1n) is 18.7. The van der Waals surface area contributed by atoms with Gasteiger partial charge < -0.3 is 13.7 Å². The molecule has 0 atom stereocenters. The largest absolute Gasteiger partial charge is 0.456 e. The molecule has 0 unspecified atom stereocenters. The van der Waals surface area contributed by atoms with E-state index in [9.17, 15) is 0 Å². The summed E-state index contributed by atoms with van der Waals surface area (Å²) in [4.78, 5) is 2.37. The Morgan fingerprint density at radius 2 is 0.873 bits per heavy atom. The molecule has 0 aliphatic carbocycles. The van der Waals surface area contributed by atoms with Gasteiger partial charge in [0, 0.05) is 43.9 Å². The predicted molar refractivity (Wildman–Crippen MR) is 229 cm³/mol. The molecule has 0 aliphatic rings. The van der Waals surface area contributed by atoms with Crippen LogP contribution in [0.1, 0.15) is 0 Å². The molecule has 0 saturated carbocycles. The van der Waals surface area contributed by atoms with Crippen LogP contribution in [0.4, 0.5) is 17.1 Å². The van der Waals surface area contributed by atoms with Gasteiger partial charge in [-0.25, -0.2) is 0 Å². The minimum atomic E-state index is 0.877. The monoisotopic (exact) mass is 703 g/mol. The Kier molecular flexibility index (Phi) is 7.17. The van der Waals surface area contributed by atoms with Gasteiger partial charge in [-0.2, -0.15) is 0 Å². The van der Waals surface area contributed by atoms with Crippen molar-refractivity contribution < 1.29 is 8.83 Å². The summed E-state index contributed by atoms with van der Waals surface area (Å²) in [7, 11) is 0. The highest BCUT2D eigenvalue weighted by atomic mass is 16.3. The lowest BCUT2D eigenvalue weighted by molar-refractivity contribution is 0.669. The fraction of sp³-hybridized carbons (Fsp3) is 0. The number of furan rings is 2. The number of benzene rings is 9. The van der Waals surface area contributed by atoms with Gasteiger partial charge in [0.25, 0.3) is 0 Å². The van der Waals surface area contributed by atoms with Gasteiger partial charge in [-0.1, -0.05) is 146 Å². The van der Waals surface area contributed by atoms with Crippen LogP contribution in [-0.2, 0) is 0 Å². The third kappa shape index (κ3) is 5.20. The average molecular weight is 704 g/mol. The Balaban J connectivity index is 1.05. The van der Waals surface area contributed by atoms with E-state index in [1.54, 1.807) is 0 Å². The summed E-state index contributed by atoms with van der Waals surface area (Å²) in [5.41, 5.74) is 13.7. The van der Waals surface area contributed by atoms with E-state index in [1.807, 2.05) is 18.2 Å². The second kappa shape index (κ2) is 12.6. The number of fused-ring (bicyclic) bond motifs is 7. The molecule has 3 nitrogen and oxygen atoms in total. The zero-order chi connectivity index (χ0) is 36.3. The maximum Gasteiger partial charge on any atom is 0.143 e. The number of hydrogen-bond acceptors (Lipinski definition) is 3. The van der Waals surface area contributed by atoms with E-state index in [-0.39, 0.29) is 0 Å². The lowest BCUT2D eigenvalue weighted by atomic mass is 9.96. The lowest BCUT2D eigenvalue weighted by Crippen LogP contribution is -2.10. The van der Waals surface area contributed by atoms with Crippen molar-refractivity contribution in [3.8, 4) is 33.4 Å². The van der Waals surface area contributed by atoms with Crippen LogP contribution in [0.2, 0.25) is 0 Å². The summed E-state index contributed by atoms with van der Waals surface area (Å²) in [5, 5.41) is 6.82. The molecule has 2 aromatic heterocycles. The Morgan fingerprint density at radius 1 is 0.291 bits per heavy atom. The van der Waals surface area contributed by atoms with Crippen LogP contribution < -0.4 is 4.90 Å². The quantitative estimate of drug-likeness (QED) is 0.173. The van der Waals surface area contributed by atoms with Gasteiger partial charge in [0.1, 0.15) is 22.3 Å².